The number of methoxy groups -OCH3 is 1. The summed E-state index contributed by atoms with van der Waals surface area (Å²) in [4.78, 5) is 0. The lowest BCUT2D eigenvalue weighted by molar-refractivity contribution is 0.336. The standard InChI is InChI=1S/C19H23ClO/c1-21-19-12-11-16(15-9-5-6-10-17(15)19)18(20)13-14-7-3-2-4-8-14/h5-6,9-12,14,18H,2-4,7-8,13H2,1H3. The van der Waals surface area contributed by atoms with Crippen LogP contribution in [0, 0.1) is 5.92 Å². The van der Waals surface area contributed by atoms with Crippen LogP contribution < -0.4 is 4.74 Å². The van der Waals surface area contributed by atoms with Crippen LogP contribution in [0.1, 0.15) is 49.5 Å². The number of benzene rings is 2. The van der Waals surface area contributed by atoms with Gasteiger partial charge < -0.3 is 4.74 Å². The molecule has 1 unspecified atom stereocenters. The van der Waals surface area contributed by atoms with Crippen LogP contribution in [-0.4, -0.2) is 7.11 Å². The van der Waals surface area contributed by atoms with Gasteiger partial charge in [0.2, 0.25) is 0 Å². The van der Waals surface area contributed by atoms with E-state index in [-0.39, 0.29) is 5.38 Å². The lowest BCUT2D eigenvalue weighted by Gasteiger charge is -2.24. The van der Waals surface area contributed by atoms with Crippen LogP contribution >= 0.6 is 11.6 Å². The summed E-state index contributed by atoms with van der Waals surface area (Å²) in [6.07, 6.45) is 7.93. The van der Waals surface area contributed by atoms with Crippen molar-refractivity contribution in [1.29, 1.82) is 0 Å². The van der Waals surface area contributed by atoms with Gasteiger partial charge in [0.05, 0.1) is 12.5 Å². The second-order valence-electron chi connectivity index (χ2n) is 6.11. The van der Waals surface area contributed by atoms with Gasteiger partial charge in [-0.2, -0.15) is 0 Å². The Morgan fingerprint density at radius 3 is 2.48 bits per heavy atom. The van der Waals surface area contributed by atoms with Crippen LogP contribution in [0.25, 0.3) is 10.8 Å². The van der Waals surface area contributed by atoms with Gasteiger partial charge in [0.15, 0.2) is 0 Å². The third-order valence-corrected chi connectivity index (χ3v) is 5.15. The molecule has 0 bridgehead atoms. The minimum absolute atomic E-state index is 0.101. The summed E-state index contributed by atoms with van der Waals surface area (Å²) in [5.74, 6) is 1.72. The Morgan fingerprint density at radius 1 is 1.05 bits per heavy atom. The van der Waals surface area contributed by atoms with Crippen LogP contribution in [0.3, 0.4) is 0 Å². The number of hydrogen-bond acceptors (Lipinski definition) is 1. The van der Waals surface area contributed by atoms with Crippen molar-refractivity contribution < 1.29 is 4.74 Å². The molecule has 2 heteroatoms. The van der Waals surface area contributed by atoms with Crippen molar-refractivity contribution in [3.05, 3.63) is 42.0 Å². The summed E-state index contributed by atoms with van der Waals surface area (Å²) in [5, 5.41) is 2.49. The second kappa shape index (κ2) is 6.70. The molecule has 1 atom stereocenters. The van der Waals surface area contributed by atoms with Gasteiger partial charge in [-0.05, 0) is 29.4 Å². The summed E-state index contributed by atoms with van der Waals surface area (Å²) in [5.41, 5.74) is 1.25. The molecule has 0 saturated heterocycles. The van der Waals surface area contributed by atoms with E-state index in [1.807, 2.05) is 6.07 Å². The zero-order chi connectivity index (χ0) is 14.7. The van der Waals surface area contributed by atoms with Gasteiger partial charge in [-0.3, -0.25) is 0 Å². The van der Waals surface area contributed by atoms with E-state index in [0.29, 0.717) is 0 Å². The van der Waals surface area contributed by atoms with Crippen molar-refractivity contribution in [2.45, 2.75) is 43.9 Å². The number of ether oxygens (including phenoxy) is 1. The first kappa shape index (κ1) is 14.7. The Kier molecular flexibility index (Phi) is 4.70. The van der Waals surface area contributed by atoms with Crippen molar-refractivity contribution in [3.63, 3.8) is 0 Å². The smallest absolute Gasteiger partial charge is 0.126 e. The molecule has 2 aromatic rings. The lowest BCUT2D eigenvalue weighted by Crippen LogP contribution is -2.09. The molecule has 0 amide bonds. The van der Waals surface area contributed by atoms with E-state index >= 15 is 0 Å². The summed E-state index contributed by atoms with van der Waals surface area (Å²) in [6, 6.07) is 12.6. The van der Waals surface area contributed by atoms with E-state index in [4.69, 9.17) is 16.3 Å². The fourth-order valence-corrected chi connectivity index (χ4v) is 4.03. The average Bonchev–Trinajstić information content (AvgIpc) is 2.54. The van der Waals surface area contributed by atoms with Crippen molar-refractivity contribution in [1.82, 2.24) is 0 Å². The molecular weight excluding hydrogens is 280 g/mol. The highest BCUT2D eigenvalue weighted by molar-refractivity contribution is 6.22. The van der Waals surface area contributed by atoms with E-state index in [2.05, 4.69) is 30.3 Å². The SMILES string of the molecule is COc1ccc(C(Cl)CC2CCCCC2)c2ccccc12. The van der Waals surface area contributed by atoms with E-state index < -0.39 is 0 Å². The van der Waals surface area contributed by atoms with E-state index in [0.717, 1.165) is 23.5 Å². The largest absolute Gasteiger partial charge is 0.496 e. The van der Waals surface area contributed by atoms with Crippen LogP contribution in [-0.2, 0) is 0 Å². The fraction of sp³-hybridized carbons (Fsp3) is 0.474. The van der Waals surface area contributed by atoms with Gasteiger partial charge >= 0.3 is 0 Å². The van der Waals surface area contributed by atoms with Gasteiger partial charge in [0, 0.05) is 5.39 Å². The second-order valence-corrected chi connectivity index (χ2v) is 6.64. The molecular formula is C19H23ClO. The molecule has 1 aliphatic carbocycles. The molecule has 21 heavy (non-hydrogen) atoms. The molecule has 0 aromatic heterocycles. The first-order valence-electron chi connectivity index (χ1n) is 7.99. The van der Waals surface area contributed by atoms with Gasteiger partial charge in [-0.15, -0.1) is 11.6 Å². The summed E-state index contributed by atoms with van der Waals surface area (Å²) in [6.45, 7) is 0. The van der Waals surface area contributed by atoms with Crippen LogP contribution in [0.5, 0.6) is 5.75 Å². The predicted molar refractivity (Wildman–Crippen MR) is 90.3 cm³/mol. The third kappa shape index (κ3) is 3.18. The molecule has 1 fully saturated rings. The Labute approximate surface area is 132 Å². The van der Waals surface area contributed by atoms with Gasteiger partial charge in [0.1, 0.15) is 5.75 Å². The number of hydrogen-bond donors (Lipinski definition) is 0. The highest BCUT2D eigenvalue weighted by Gasteiger charge is 2.20. The Hall–Kier alpha value is -1.21. The van der Waals surface area contributed by atoms with Crippen molar-refractivity contribution in [2.75, 3.05) is 7.11 Å². The molecule has 0 radical (unpaired) electrons. The van der Waals surface area contributed by atoms with E-state index in [1.165, 1.54) is 43.1 Å². The van der Waals surface area contributed by atoms with Gasteiger partial charge in [0.25, 0.3) is 0 Å². The zero-order valence-corrected chi connectivity index (χ0v) is 13.4. The summed E-state index contributed by atoms with van der Waals surface area (Å²) >= 11 is 6.77. The molecule has 112 valence electrons. The topological polar surface area (TPSA) is 9.23 Å². The van der Waals surface area contributed by atoms with Crippen molar-refractivity contribution in [2.24, 2.45) is 5.92 Å². The molecule has 2 aromatic carbocycles. The molecule has 1 saturated carbocycles. The Morgan fingerprint density at radius 2 is 1.76 bits per heavy atom. The molecule has 0 spiro atoms. The highest BCUT2D eigenvalue weighted by atomic mass is 35.5. The van der Waals surface area contributed by atoms with Crippen molar-refractivity contribution >= 4 is 22.4 Å². The maximum absolute atomic E-state index is 6.77. The van der Waals surface area contributed by atoms with Crippen LogP contribution in [0.4, 0.5) is 0 Å². The summed E-state index contributed by atoms with van der Waals surface area (Å²) < 4.78 is 5.47. The molecule has 1 aliphatic rings. The molecule has 0 heterocycles. The zero-order valence-electron chi connectivity index (χ0n) is 12.6. The first-order chi connectivity index (χ1) is 10.3. The number of rotatable bonds is 4. The van der Waals surface area contributed by atoms with E-state index in [9.17, 15) is 0 Å². The maximum Gasteiger partial charge on any atom is 0.126 e. The lowest BCUT2D eigenvalue weighted by atomic mass is 9.84. The normalized spacial score (nSPS) is 17.8. The Bertz CT molecular complexity index is 602. The molecule has 1 nitrogen and oxygen atoms in total. The van der Waals surface area contributed by atoms with Crippen LogP contribution in [0.2, 0.25) is 0 Å². The molecule has 0 aliphatic heterocycles. The maximum atomic E-state index is 6.77. The van der Waals surface area contributed by atoms with Gasteiger partial charge in [-0.25, -0.2) is 0 Å². The number of halogens is 1. The van der Waals surface area contributed by atoms with E-state index in [1.54, 1.807) is 7.11 Å². The minimum Gasteiger partial charge on any atom is -0.496 e. The number of fused-ring (bicyclic) bond motifs is 1. The fourth-order valence-electron chi connectivity index (χ4n) is 3.59. The first-order valence-corrected chi connectivity index (χ1v) is 8.43. The third-order valence-electron chi connectivity index (χ3n) is 4.74. The van der Waals surface area contributed by atoms with Crippen molar-refractivity contribution in [3.8, 4) is 5.75 Å². The Balaban J connectivity index is 1.89. The molecule has 0 N–H and O–H groups in total. The van der Waals surface area contributed by atoms with Crippen LogP contribution in [0.15, 0.2) is 36.4 Å². The monoisotopic (exact) mass is 302 g/mol. The van der Waals surface area contributed by atoms with Gasteiger partial charge in [-0.1, -0.05) is 62.4 Å². The predicted octanol–water partition coefficient (Wildman–Crippen LogP) is 6.10. The average molecular weight is 303 g/mol. The minimum atomic E-state index is 0.101. The summed E-state index contributed by atoms with van der Waals surface area (Å²) in [7, 11) is 1.72. The quantitative estimate of drug-likeness (QED) is 0.620. The molecule has 3 rings (SSSR count). The number of alkyl halides is 1. The highest BCUT2D eigenvalue weighted by Crippen LogP contribution is 2.39.